The molecule has 0 saturated carbocycles. The molecule has 2 atom stereocenters. The van der Waals surface area contributed by atoms with Crippen LogP contribution in [-0.4, -0.2) is 16.7 Å². The first-order valence-corrected chi connectivity index (χ1v) is 9.67. The van der Waals surface area contributed by atoms with Crippen molar-refractivity contribution < 1.29 is 18.4 Å². The molecule has 0 spiro atoms. The van der Waals surface area contributed by atoms with E-state index in [1.54, 1.807) is 60.7 Å². The topological polar surface area (TPSA) is 63.4 Å². The summed E-state index contributed by atoms with van der Waals surface area (Å²) in [7, 11) is 0. The van der Waals surface area contributed by atoms with Gasteiger partial charge in [0, 0.05) is 17.2 Å². The molecule has 0 aromatic heterocycles. The van der Waals surface area contributed by atoms with Crippen molar-refractivity contribution in [1.29, 1.82) is 0 Å². The zero-order valence-electron chi connectivity index (χ0n) is 16.1. The van der Waals surface area contributed by atoms with Gasteiger partial charge in [-0.25, -0.2) is 8.78 Å². The lowest BCUT2D eigenvalue weighted by Gasteiger charge is -2.36. The molecule has 4 rings (SSSR count). The highest BCUT2D eigenvalue weighted by Gasteiger charge is 2.40. The van der Waals surface area contributed by atoms with Crippen molar-refractivity contribution >= 4 is 11.8 Å². The maximum atomic E-state index is 14.8. The molecule has 0 fully saturated rings. The number of aryl methyl sites for hydroxylation is 1. The minimum absolute atomic E-state index is 0.239. The van der Waals surface area contributed by atoms with E-state index < -0.39 is 35.5 Å². The third-order valence-corrected chi connectivity index (χ3v) is 5.45. The fraction of sp³-hybridized carbons (Fsp3) is 0.167. The van der Waals surface area contributed by atoms with Gasteiger partial charge in [0.25, 0.3) is 5.91 Å². The van der Waals surface area contributed by atoms with Crippen molar-refractivity contribution in [1.82, 2.24) is 4.90 Å². The molecule has 3 aromatic carbocycles. The van der Waals surface area contributed by atoms with Crippen LogP contribution in [0.5, 0.6) is 0 Å². The van der Waals surface area contributed by atoms with Gasteiger partial charge in [-0.3, -0.25) is 9.59 Å². The Balaban J connectivity index is 1.88. The quantitative estimate of drug-likeness (QED) is 0.686. The fourth-order valence-corrected chi connectivity index (χ4v) is 4.20. The second-order valence-corrected chi connectivity index (χ2v) is 7.31. The van der Waals surface area contributed by atoms with Crippen LogP contribution >= 0.6 is 0 Å². The first-order chi connectivity index (χ1) is 14.5. The van der Waals surface area contributed by atoms with Crippen LogP contribution in [0.15, 0.2) is 72.8 Å². The Morgan fingerprint density at radius 1 is 0.967 bits per heavy atom. The normalized spacial score (nSPS) is 16.0. The SMILES string of the molecule is NC(=O)[C@@H](c1ccccc1)N(C(=O)c1ccccc1)[C@@H]1CCc2cc(F)cc(F)c21. The number of fused-ring (bicyclic) bond motifs is 1. The number of benzene rings is 3. The molecule has 152 valence electrons. The molecule has 2 amide bonds. The van der Waals surface area contributed by atoms with E-state index in [0.29, 0.717) is 29.5 Å². The van der Waals surface area contributed by atoms with E-state index in [-0.39, 0.29) is 5.56 Å². The number of amides is 2. The van der Waals surface area contributed by atoms with Crippen molar-refractivity contribution in [3.63, 3.8) is 0 Å². The molecule has 1 aliphatic rings. The molecular weight excluding hydrogens is 386 g/mol. The lowest BCUT2D eigenvalue weighted by Crippen LogP contribution is -2.43. The molecule has 4 nitrogen and oxygen atoms in total. The van der Waals surface area contributed by atoms with Crippen molar-refractivity contribution in [2.24, 2.45) is 5.73 Å². The van der Waals surface area contributed by atoms with E-state index in [0.717, 1.165) is 6.07 Å². The summed E-state index contributed by atoms with van der Waals surface area (Å²) in [5.74, 6) is -2.55. The molecule has 0 unspecified atom stereocenters. The van der Waals surface area contributed by atoms with Gasteiger partial charge >= 0.3 is 0 Å². The van der Waals surface area contributed by atoms with Crippen LogP contribution in [0.4, 0.5) is 8.78 Å². The van der Waals surface area contributed by atoms with Gasteiger partial charge in [-0.15, -0.1) is 0 Å². The van der Waals surface area contributed by atoms with Crippen molar-refractivity contribution in [3.05, 3.63) is 107 Å². The second-order valence-electron chi connectivity index (χ2n) is 7.31. The molecule has 6 heteroatoms. The van der Waals surface area contributed by atoms with Gasteiger partial charge in [-0.1, -0.05) is 48.5 Å². The number of carbonyl (C=O) groups excluding carboxylic acids is 2. The molecule has 0 saturated heterocycles. The third kappa shape index (κ3) is 3.56. The summed E-state index contributed by atoms with van der Waals surface area (Å²) >= 11 is 0. The molecule has 1 aliphatic carbocycles. The van der Waals surface area contributed by atoms with E-state index in [9.17, 15) is 18.4 Å². The Labute approximate surface area is 172 Å². The number of nitrogens with zero attached hydrogens (tertiary/aromatic N) is 1. The molecule has 2 N–H and O–H groups in total. The van der Waals surface area contributed by atoms with Gasteiger partial charge in [-0.2, -0.15) is 0 Å². The standard InChI is InChI=1S/C24H20F2N2O2/c25-18-13-17-11-12-20(21(17)19(26)14-18)28(24(30)16-9-5-2-6-10-16)22(23(27)29)15-7-3-1-4-8-15/h1-10,13-14,20,22H,11-12H2,(H2,27,29)/t20-,22-/m1/s1. The maximum Gasteiger partial charge on any atom is 0.255 e. The Morgan fingerprint density at radius 2 is 1.60 bits per heavy atom. The van der Waals surface area contributed by atoms with Crippen LogP contribution < -0.4 is 5.73 Å². The van der Waals surface area contributed by atoms with E-state index in [2.05, 4.69) is 0 Å². The Kier molecular flexibility index (Phi) is 5.31. The molecule has 0 aliphatic heterocycles. The maximum absolute atomic E-state index is 14.8. The zero-order valence-corrected chi connectivity index (χ0v) is 16.1. The fourth-order valence-electron chi connectivity index (χ4n) is 4.20. The summed E-state index contributed by atoms with van der Waals surface area (Å²) in [6, 6.07) is 17.4. The largest absolute Gasteiger partial charge is 0.368 e. The predicted molar refractivity (Wildman–Crippen MR) is 108 cm³/mol. The van der Waals surface area contributed by atoms with E-state index in [1.807, 2.05) is 0 Å². The monoisotopic (exact) mass is 406 g/mol. The number of primary amides is 1. The average molecular weight is 406 g/mol. The molecule has 0 bridgehead atoms. The molecule has 3 aromatic rings. The van der Waals surface area contributed by atoms with Crippen LogP contribution in [0.2, 0.25) is 0 Å². The predicted octanol–water partition coefficient (Wildman–Crippen LogP) is 4.32. The first kappa shape index (κ1) is 19.8. The van der Waals surface area contributed by atoms with Crippen molar-refractivity contribution in [3.8, 4) is 0 Å². The lowest BCUT2D eigenvalue weighted by atomic mass is 9.97. The van der Waals surface area contributed by atoms with Crippen LogP contribution in [0, 0.1) is 11.6 Å². The summed E-state index contributed by atoms with van der Waals surface area (Å²) in [6.45, 7) is 0. The van der Waals surface area contributed by atoms with E-state index >= 15 is 0 Å². The van der Waals surface area contributed by atoms with Crippen LogP contribution in [0.1, 0.15) is 45.6 Å². The number of carbonyl (C=O) groups is 2. The minimum atomic E-state index is -1.10. The third-order valence-electron chi connectivity index (χ3n) is 5.45. The van der Waals surface area contributed by atoms with Gasteiger partial charge in [0.05, 0.1) is 6.04 Å². The van der Waals surface area contributed by atoms with E-state index in [1.165, 1.54) is 11.0 Å². The molecule has 30 heavy (non-hydrogen) atoms. The molecular formula is C24H20F2N2O2. The molecule has 0 radical (unpaired) electrons. The number of hydrogen-bond acceptors (Lipinski definition) is 2. The highest BCUT2D eigenvalue weighted by molar-refractivity contribution is 5.98. The summed E-state index contributed by atoms with van der Waals surface area (Å²) < 4.78 is 28.5. The summed E-state index contributed by atoms with van der Waals surface area (Å²) in [6.07, 6.45) is 0.762. The van der Waals surface area contributed by atoms with Crippen LogP contribution in [-0.2, 0) is 11.2 Å². The minimum Gasteiger partial charge on any atom is -0.368 e. The first-order valence-electron chi connectivity index (χ1n) is 9.67. The number of halogens is 2. The van der Waals surface area contributed by atoms with Gasteiger partial charge in [0.1, 0.15) is 17.7 Å². The second kappa shape index (κ2) is 8.06. The summed E-state index contributed by atoms with van der Waals surface area (Å²) in [5, 5.41) is 0. The number of nitrogens with two attached hydrogens (primary N) is 1. The highest BCUT2D eigenvalue weighted by atomic mass is 19.1. The Hall–Kier alpha value is -3.54. The van der Waals surface area contributed by atoms with Crippen molar-refractivity contribution in [2.75, 3.05) is 0 Å². The van der Waals surface area contributed by atoms with Crippen LogP contribution in [0.25, 0.3) is 0 Å². The molecule has 0 heterocycles. The van der Waals surface area contributed by atoms with Crippen molar-refractivity contribution in [2.45, 2.75) is 24.9 Å². The van der Waals surface area contributed by atoms with Gasteiger partial charge in [0.15, 0.2) is 0 Å². The highest BCUT2D eigenvalue weighted by Crippen LogP contribution is 2.42. The van der Waals surface area contributed by atoms with Crippen LogP contribution in [0.3, 0.4) is 0 Å². The smallest absolute Gasteiger partial charge is 0.255 e. The van der Waals surface area contributed by atoms with Gasteiger partial charge < -0.3 is 10.6 Å². The number of rotatable bonds is 5. The Bertz CT molecular complexity index is 1090. The summed E-state index contributed by atoms with van der Waals surface area (Å²) in [5.41, 5.74) is 7.38. The number of hydrogen-bond donors (Lipinski definition) is 1. The Morgan fingerprint density at radius 3 is 2.23 bits per heavy atom. The average Bonchev–Trinajstić information content (AvgIpc) is 3.16. The van der Waals surface area contributed by atoms with Gasteiger partial charge in [0.2, 0.25) is 5.91 Å². The lowest BCUT2D eigenvalue weighted by molar-refractivity contribution is -0.123. The zero-order chi connectivity index (χ0) is 21.3. The van der Waals surface area contributed by atoms with Gasteiger partial charge in [-0.05, 0) is 42.2 Å². The van der Waals surface area contributed by atoms with E-state index in [4.69, 9.17) is 5.73 Å². The summed E-state index contributed by atoms with van der Waals surface area (Å²) in [4.78, 5) is 27.5.